The van der Waals surface area contributed by atoms with Crippen LogP contribution in [-0.2, 0) is 4.79 Å². The standard InChI is InChI=1S/C12H20N2O/c1-7(14-8(2)12(13)15)11-6-9-3-4-10(11)5-9/h3-4,7-11,14H,5-6H2,1-2H3,(H2,13,15). The molecule has 0 aromatic heterocycles. The lowest BCUT2D eigenvalue weighted by molar-refractivity contribution is -0.119. The van der Waals surface area contributed by atoms with Crippen molar-refractivity contribution in [2.24, 2.45) is 23.5 Å². The lowest BCUT2D eigenvalue weighted by Gasteiger charge is -2.28. The van der Waals surface area contributed by atoms with E-state index in [2.05, 4.69) is 24.4 Å². The van der Waals surface area contributed by atoms with Gasteiger partial charge < -0.3 is 11.1 Å². The van der Waals surface area contributed by atoms with Crippen LogP contribution >= 0.6 is 0 Å². The third-order valence-corrected chi connectivity index (χ3v) is 3.91. The molecule has 0 spiro atoms. The third-order valence-electron chi connectivity index (χ3n) is 3.91. The Morgan fingerprint density at radius 3 is 2.60 bits per heavy atom. The highest BCUT2D eigenvalue weighted by molar-refractivity contribution is 5.79. The van der Waals surface area contributed by atoms with E-state index in [0.717, 1.165) is 11.8 Å². The summed E-state index contributed by atoms with van der Waals surface area (Å²) in [5.41, 5.74) is 5.24. The first kappa shape index (κ1) is 10.7. The monoisotopic (exact) mass is 208 g/mol. The highest BCUT2D eigenvalue weighted by Crippen LogP contribution is 2.44. The van der Waals surface area contributed by atoms with Crippen molar-refractivity contribution in [3.8, 4) is 0 Å². The van der Waals surface area contributed by atoms with Crippen LogP contribution in [0.1, 0.15) is 26.7 Å². The number of hydrogen-bond donors (Lipinski definition) is 2. The summed E-state index contributed by atoms with van der Waals surface area (Å²) in [5, 5.41) is 3.30. The molecule has 0 saturated heterocycles. The second-order valence-corrected chi connectivity index (χ2v) is 5.02. The molecule has 5 atom stereocenters. The Labute approximate surface area is 91.1 Å². The molecular weight excluding hydrogens is 188 g/mol. The first-order valence-corrected chi connectivity index (χ1v) is 5.81. The Balaban J connectivity index is 1.89. The normalized spacial score (nSPS) is 36.8. The molecule has 2 rings (SSSR count). The van der Waals surface area contributed by atoms with Crippen LogP contribution in [0.3, 0.4) is 0 Å². The van der Waals surface area contributed by atoms with E-state index in [9.17, 15) is 4.79 Å². The van der Waals surface area contributed by atoms with Crippen molar-refractivity contribution in [1.29, 1.82) is 0 Å². The lowest BCUT2D eigenvalue weighted by atomic mass is 9.87. The Bertz CT molecular complexity index is 287. The zero-order valence-corrected chi connectivity index (χ0v) is 9.44. The van der Waals surface area contributed by atoms with Crippen LogP contribution in [0.5, 0.6) is 0 Å². The van der Waals surface area contributed by atoms with Crippen LogP contribution in [0.15, 0.2) is 12.2 Å². The number of nitrogens with two attached hydrogens (primary N) is 1. The maximum atomic E-state index is 11.0. The van der Waals surface area contributed by atoms with Crippen LogP contribution in [0, 0.1) is 17.8 Å². The van der Waals surface area contributed by atoms with E-state index in [1.807, 2.05) is 6.92 Å². The lowest BCUT2D eigenvalue weighted by Crippen LogP contribution is -2.46. The van der Waals surface area contributed by atoms with Crippen LogP contribution in [0.2, 0.25) is 0 Å². The smallest absolute Gasteiger partial charge is 0.234 e. The molecule has 3 heteroatoms. The minimum atomic E-state index is -0.263. The fraction of sp³-hybridized carbons (Fsp3) is 0.750. The van der Waals surface area contributed by atoms with Gasteiger partial charge in [-0.2, -0.15) is 0 Å². The molecule has 15 heavy (non-hydrogen) atoms. The van der Waals surface area contributed by atoms with Gasteiger partial charge in [-0.3, -0.25) is 4.79 Å². The second-order valence-electron chi connectivity index (χ2n) is 5.02. The van der Waals surface area contributed by atoms with Gasteiger partial charge in [0, 0.05) is 6.04 Å². The zero-order chi connectivity index (χ0) is 11.0. The summed E-state index contributed by atoms with van der Waals surface area (Å²) in [5.74, 6) is 1.92. The number of allylic oxidation sites excluding steroid dienone is 2. The van der Waals surface area contributed by atoms with Gasteiger partial charge in [0.25, 0.3) is 0 Å². The minimum Gasteiger partial charge on any atom is -0.368 e. The minimum absolute atomic E-state index is 0.219. The van der Waals surface area contributed by atoms with Gasteiger partial charge in [-0.1, -0.05) is 12.2 Å². The predicted molar refractivity (Wildman–Crippen MR) is 60.1 cm³/mol. The van der Waals surface area contributed by atoms with Gasteiger partial charge in [0.1, 0.15) is 0 Å². The fourth-order valence-corrected chi connectivity index (χ4v) is 3.00. The summed E-state index contributed by atoms with van der Waals surface area (Å²) in [7, 11) is 0. The number of primary amides is 1. The van der Waals surface area contributed by atoms with Crippen LogP contribution in [0.25, 0.3) is 0 Å². The summed E-state index contributed by atoms with van der Waals surface area (Å²) in [6, 6.07) is 0.163. The van der Waals surface area contributed by atoms with Crippen LogP contribution < -0.4 is 11.1 Å². The van der Waals surface area contributed by atoms with Crippen molar-refractivity contribution in [2.45, 2.75) is 38.8 Å². The van der Waals surface area contributed by atoms with E-state index in [1.54, 1.807) is 0 Å². The molecule has 1 amide bonds. The van der Waals surface area contributed by atoms with Crippen molar-refractivity contribution in [1.82, 2.24) is 5.32 Å². The predicted octanol–water partition coefficient (Wildman–Crippen LogP) is 1.05. The molecule has 0 aromatic carbocycles. The molecule has 0 aromatic rings. The molecule has 2 aliphatic carbocycles. The number of carbonyl (C=O) groups excluding carboxylic acids is 1. The van der Waals surface area contributed by atoms with E-state index in [0.29, 0.717) is 12.0 Å². The highest BCUT2D eigenvalue weighted by atomic mass is 16.1. The van der Waals surface area contributed by atoms with Crippen LogP contribution in [0.4, 0.5) is 0 Å². The zero-order valence-electron chi connectivity index (χ0n) is 9.44. The summed E-state index contributed by atoms with van der Waals surface area (Å²) in [6.45, 7) is 4.00. The van der Waals surface area contributed by atoms with Gasteiger partial charge in [0.2, 0.25) is 5.91 Å². The van der Waals surface area contributed by atoms with Crippen molar-refractivity contribution in [2.75, 3.05) is 0 Å². The largest absolute Gasteiger partial charge is 0.368 e. The van der Waals surface area contributed by atoms with Gasteiger partial charge in [-0.05, 0) is 44.4 Å². The van der Waals surface area contributed by atoms with Crippen molar-refractivity contribution >= 4 is 5.91 Å². The fourth-order valence-electron chi connectivity index (χ4n) is 3.00. The first-order chi connectivity index (χ1) is 7.08. The molecular formula is C12H20N2O. The number of fused-ring (bicyclic) bond motifs is 2. The van der Waals surface area contributed by atoms with E-state index < -0.39 is 0 Å². The second kappa shape index (κ2) is 3.97. The SMILES string of the molecule is CC(NC(C)C1CC2C=CC1C2)C(N)=O. The van der Waals surface area contributed by atoms with Gasteiger partial charge in [-0.25, -0.2) is 0 Å². The average molecular weight is 208 g/mol. The van der Waals surface area contributed by atoms with Crippen LogP contribution in [-0.4, -0.2) is 18.0 Å². The van der Waals surface area contributed by atoms with Crippen molar-refractivity contribution in [3.63, 3.8) is 0 Å². The molecule has 3 nitrogen and oxygen atoms in total. The van der Waals surface area contributed by atoms with Gasteiger partial charge in [0.15, 0.2) is 0 Å². The van der Waals surface area contributed by atoms with E-state index in [4.69, 9.17) is 5.73 Å². The number of rotatable bonds is 4. The molecule has 84 valence electrons. The Morgan fingerprint density at radius 2 is 2.13 bits per heavy atom. The van der Waals surface area contributed by atoms with Crippen molar-refractivity contribution in [3.05, 3.63) is 12.2 Å². The summed E-state index contributed by atoms with van der Waals surface area (Å²) < 4.78 is 0. The van der Waals surface area contributed by atoms with E-state index in [-0.39, 0.29) is 11.9 Å². The third kappa shape index (κ3) is 2.07. The molecule has 0 radical (unpaired) electrons. The van der Waals surface area contributed by atoms with Gasteiger partial charge >= 0.3 is 0 Å². The topological polar surface area (TPSA) is 55.1 Å². The molecule has 1 saturated carbocycles. The Morgan fingerprint density at radius 1 is 1.40 bits per heavy atom. The maximum Gasteiger partial charge on any atom is 0.234 e. The number of nitrogens with one attached hydrogen (secondary N) is 1. The summed E-state index contributed by atoms with van der Waals surface area (Å²) in [6.07, 6.45) is 7.25. The maximum absolute atomic E-state index is 11.0. The number of amides is 1. The number of hydrogen-bond acceptors (Lipinski definition) is 2. The summed E-state index contributed by atoms with van der Waals surface area (Å²) in [4.78, 5) is 11.0. The molecule has 1 fully saturated rings. The van der Waals surface area contributed by atoms with Gasteiger partial charge in [0.05, 0.1) is 6.04 Å². The summed E-state index contributed by atoms with van der Waals surface area (Å²) >= 11 is 0. The molecule has 0 aliphatic heterocycles. The molecule has 2 bridgehead atoms. The Hall–Kier alpha value is -0.830. The molecule has 2 aliphatic rings. The van der Waals surface area contributed by atoms with Gasteiger partial charge in [-0.15, -0.1) is 0 Å². The molecule has 3 N–H and O–H groups in total. The Kier molecular flexibility index (Phi) is 2.83. The quantitative estimate of drug-likeness (QED) is 0.678. The first-order valence-electron chi connectivity index (χ1n) is 5.81. The molecule has 0 heterocycles. The highest BCUT2D eigenvalue weighted by Gasteiger charge is 2.38. The average Bonchev–Trinajstić information content (AvgIpc) is 2.78. The van der Waals surface area contributed by atoms with E-state index in [1.165, 1.54) is 12.8 Å². The van der Waals surface area contributed by atoms with E-state index >= 15 is 0 Å². The van der Waals surface area contributed by atoms with Crippen molar-refractivity contribution < 1.29 is 4.79 Å². The molecule has 5 unspecified atom stereocenters. The number of carbonyl (C=O) groups is 1.